The summed E-state index contributed by atoms with van der Waals surface area (Å²) in [5, 5.41) is 2.77. The van der Waals surface area contributed by atoms with E-state index >= 15 is 0 Å². The first kappa shape index (κ1) is 17.4. The van der Waals surface area contributed by atoms with Gasteiger partial charge in [-0.2, -0.15) is 13.2 Å². The first-order valence-corrected chi connectivity index (χ1v) is 7.32. The van der Waals surface area contributed by atoms with E-state index in [0.29, 0.717) is 26.2 Å². The standard InChI is InChI=1S/C14H16ClF5N2/c15-9-1-2-10(16)12(13(9)17)11(3-4-14(18,19)20)22-7-5-21-6-8-22/h1-2,11,21H,3-8H2/t11-/m0/s1. The lowest BCUT2D eigenvalue weighted by Gasteiger charge is -2.35. The normalized spacial score (nSPS) is 18.5. The van der Waals surface area contributed by atoms with Crippen LogP contribution in [-0.4, -0.2) is 37.3 Å². The molecule has 1 saturated heterocycles. The van der Waals surface area contributed by atoms with Crippen molar-refractivity contribution < 1.29 is 22.0 Å². The van der Waals surface area contributed by atoms with E-state index in [2.05, 4.69) is 5.32 Å². The molecule has 1 N–H and O–H groups in total. The minimum absolute atomic E-state index is 0.288. The Bertz CT molecular complexity index is 515. The number of halogens is 6. The zero-order valence-corrected chi connectivity index (χ0v) is 12.4. The molecule has 1 aromatic rings. The first-order valence-electron chi connectivity index (χ1n) is 6.94. The van der Waals surface area contributed by atoms with Gasteiger partial charge in [0.2, 0.25) is 0 Å². The van der Waals surface area contributed by atoms with E-state index in [9.17, 15) is 22.0 Å². The van der Waals surface area contributed by atoms with Crippen LogP contribution in [0.2, 0.25) is 5.02 Å². The van der Waals surface area contributed by atoms with Gasteiger partial charge in [0.05, 0.1) is 5.02 Å². The van der Waals surface area contributed by atoms with E-state index in [1.54, 1.807) is 4.90 Å². The summed E-state index contributed by atoms with van der Waals surface area (Å²) in [5.41, 5.74) is -0.376. The van der Waals surface area contributed by atoms with Crippen LogP contribution in [0.4, 0.5) is 22.0 Å². The molecule has 8 heteroatoms. The Kier molecular flexibility index (Phi) is 5.63. The van der Waals surface area contributed by atoms with E-state index in [1.807, 2.05) is 0 Å². The van der Waals surface area contributed by atoms with E-state index in [4.69, 9.17) is 11.6 Å². The summed E-state index contributed by atoms with van der Waals surface area (Å²) in [6.45, 7) is 1.97. The summed E-state index contributed by atoms with van der Waals surface area (Å²) in [6, 6.07) is 1.07. The highest BCUT2D eigenvalue weighted by Gasteiger charge is 2.34. The second kappa shape index (κ2) is 7.10. The zero-order valence-electron chi connectivity index (χ0n) is 11.7. The van der Waals surface area contributed by atoms with Crippen molar-refractivity contribution in [2.75, 3.05) is 26.2 Å². The van der Waals surface area contributed by atoms with E-state index in [0.717, 1.165) is 12.1 Å². The van der Waals surface area contributed by atoms with Crippen LogP contribution in [0.1, 0.15) is 24.4 Å². The average molecular weight is 343 g/mol. The molecule has 124 valence electrons. The fourth-order valence-corrected chi connectivity index (χ4v) is 2.82. The molecule has 1 aliphatic rings. The molecule has 0 spiro atoms. The molecule has 0 unspecified atom stereocenters. The molecule has 0 aliphatic carbocycles. The Morgan fingerprint density at radius 3 is 2.41 bits per heavy atom. The van der Waals surface area contributed by atoms with E-state index in [1.165, 1.54) is 0 Å². The molecule has 0 radical (unpaired) electrons. The Balaban J connectivity index is 2.32. The van der Waals surface area contributed by atoms with E-state index in [-0.39, 0.29) is 10.6 Å². The van der Waals surface area contributed by atoms with Gasteiger partial charge in [-0.05, 0) is 18.6 Å². The molecule has 2 nitrogen and oxygen atoms in total. The molecule has 0 saturated carbocycles. The van der Waals surface area contributed by atoms with Crippen LogP contribution in [0, 0.1) is 11.6 Å². The lowest BCUT2D eigenvalue weighted by molar-refractivity contribution is -0.138. The molecule has 2 rings (SSSR count). The summed E-state index contributed by atoms with van der Waals surface area (Å²) >= 11 is 5.66. The Hall–Kier alpha value is -0.920. The quantitative estimate of drug-likeness (QED) is 0.659. The van der Waals surface area contributed by atoms with Crippen LogP contribution < -0.4 is 5.32 Å². The van der Waals surface area contributed by atoms with Crippen molar-refractivity contribution in [1.29, 1.82) is 0 Å². The number of rotatable bonds is 4. The molecule has 1 atom stereocenters. The number of hydrogen-bond donors (Lipinski definition) is 1. The molecule has 1 heterocycles. The molecule has 0 bridgehead atoms. The van der Waals surface area contributed by atoms with Gasteiger partial charge in [-0.1, -0.05) is 11.6 Å². The molecule has 1 aliphatic heterocycles. The zero-order chi connectivity index (χ0) is 16.3. The fourth-order valence-electron chi connectivity index (χ4n) is 2.65. The molecule has 0 amide bonds. The second-order valence-electron chi connectivity index (χ2n) is 5.21. The SMILES string of the molecule is Fc1ccc(Cl)c(F)c1[C@H](CCC(F)(F)F)N1CCNCC1. The number of nitrogens with one attached hydrogen (secondary N) is 1. The summed E-state index contributed by atoms with van der Waals surface area (Å²) in [5.74, 6) is -1.85. The van der Waals surface area contributed by atoms with Crippen LogP contribution in [0.25, 0.3) is 0 Å². The predicted molar refractivity (Wildman–Crippen MR) is 73.8 cm³/mol. The molecule has 22 heavy (non-hydrogen) atoms. The van der Waals surface area contributed by atoms with Crippen LogP contribution in [0.15, 0.2) is 12.1 Å². The van der Waals surface area contributed by atoms with Gasteiger partial charge in [-0.25, -0.2) is 8.78 Å². The number of nitrogens with zero attached hydrogens (tertiary/aromatic N) is 1. The smallest absolute Gasteiger partial charge is 0.314 e. The van der Waals surface area contributed by atoms with Crippen molar-refractivity contribution in [2.24, 2.45) is 0 Å². The largest absolute Gasteiger partial charge is 0.389 e. The Labute approximate surface area is 130 Å². The van der Waals surface area contributed by atoms with Crippen molar-refractivity contribution in [3.05, 3.63) is 34.4 Å². The number of hydrogen-bond acceptors (Lipinski definition) is 2. The second-order valence-corrected chi connectivity index (χ2v) is 5.62. The number of piperazine rings is 1. The van der Waals surface area contributed by atoms with Crippen molar-refractivity contribution in [1.82, 2.24) is 10.2 Å². The van der Waals surface area contributed by atoms with Crippen LogP contribution in [-0.2, 0) is 0 Å². The summed E-state index contributed by atoms with van der Waals surface area (Å²) in [4.78, 5) is 1.67. The van der Waals surface area contributed by atoms with Crippen LogP contribution in [0.3, 0.4) is 0 Å². The lowest BCUT2D eigenvalue weighted by Crippen LogP contribution is -2.45. The maximum absolute atomic E-state index is 14.2. The van der Waals surface area contributed by atoms with Crippen LogP contribution in [0.5, 0.6) is 0 Å². The van der Waals surface area contributed by atoms with Gasteiger partial charge >= 0.3 is 6.18 Å². The van der Waals surface area contributed by atoms with Gasteiger partial charge in [0.15, 0.2) is 0 Å². The minimum atomic E-state index is -4.38. The Morgan fingerprint density at radius 2 is 1.82 bits per heavy atom. The minimum Gasteiger partial charge on any atom is -0.314 e. The fraction of sp³-hybridized carbons (Fsp3) is 0.571. The lowest BCUT2D eigenvalue weighted by atomic mass is 9.98. The maximum atomic E-state index is 14.2. The molecular formula is C14H16ClF5N2. The van der Waals surface area contributed by atoms with Gasteiger partial charge in [-0.3, -0.25) is 4.90 Å². The van der Waals surface area contributed by atoms with Crippen molar-refractivity contribution in [3.8, 4) is 0 Å². The third-order valence-electron chi connectivity index (χ3n) is 3.71. The highest BCUT2D eigenvalue weighted by Crippen LogP contribution is 2.36. The summed E-state index contributed by atoms with van der Waals surface area (Å²) in [6.07, 6.45) is -5.89. The van der Waals surface area contributed by atoms with Crippen LogP contribution >= 0.6 is 11.6 Å². The number of alkyl halides is 3. The summed E-state index contributed by atoms with van der Waals surface area (Å²) < 4.78 is 65.8. The van der Waals surface area contributed by atoms with E-state index < -0.39 is 36.7 Å². The van der Waals surface area contributed by atoms with Crippen molar-refractivity contribution in [3.63, 3.8) is 0 Å². The monoisotopic (exact) mass is 342 g/mol. The Morgan fingerprint density at radius 1 is 1.18 bits per heavy atom. The van der Waals surface area contributed by atoms with Gasteiger partial charge < -0.3 is 5.32 Å². The molecule has 1 fully saturated rings. The third-order valence-corrected chi connectivity index (χ3v) is 4.00. The van der Waals surface area contributed by atoms with Gasteiger partial charge in [-0.15, -0.1) is 0 Å². The van der Waals surface area contributed by atoms with Gasteiger partial charge in [0.25, 0.3) is 0 Å². The first-order chi connectivity index (χ1) is 10.3. The highest BCUT2D eigenvalue weighted by atomic mass is 35.5. The van der Waals surface area contributed by atoms with Gasteiger partial charge in [0.1, 0.15) is 11.6 Å². The third kappa shape index (κ3) is 4.30. The number of benzene rings is 1. The molecule has 1 aromatic carbocycles. The predicted octanol–water partition coefficient (Wildman–Crippen LogP) is 3.91. The molecule has 0 aromatic heterocycles. The summed E-state index contributed by atoms with van der Waals surface area (Å²) in [7, 11) is 0. The molecular weight excluding hydrogens is 327 g/mol. The highest BCUT2D eigenvalue weighted by molar-refractivity contribution is 6.30. The maximum Gasteiger partial charge on any atom is 0.389 e. The topological polar surface area (TPSA) is 15.3 Å². The van der Waals surface area contributed by atoms with Gasteiger partial charge in [0, 0.05) is 44.2 Å². The van der Waals surface area contributed by atoms with Crippen molar-refractivity contribution in [2.45, 2.75) is 25.1 Å². The average Bonchev–Trinajstić information content (AvgIpc) is 2.46. The van der Waals surface area contributed by atoms with Crippen molar-refractivity contribution >= 4 is 11.6 Å².